The highest BCUT2D eigenvalue weighted by molar-refractivity contribution is 5.96. The zero-order chi connectivity index (χ0) is 30.9. The molecule has 0 unspecified atom stereocenters. The molecular formula is C32H54N4O6. The summed E-state index contributed by atoms with van der Waals surface area (Å²) >= 11 is 0. The number of aliphatic hydroxyl groups excluding tert-OH is 1. The number of rotatable bonds is 19. The zero-order valence-electron chi connectivity index (χ0n) is 26.2. The lowest BCUT2D eigenvalue weighted by atomic mass is 9.83. The van der Waals surface area contributed by atoms with Gasteiger partial charge in [0, 0.05) is 51.8 Å². The third-order valence-corrected chi connectivity index (χ3v) is 7.90. The number of benzene rings is 1. The van der Waals surface area contributed by atoms with E-state index in [0.29, 0.717) is 50.5 Å². The van der Waals surface area contributed by atoms with Crippen molar-refractivity contribution >= 4 is 11.8 Å². The van der Waals surface area contributed by atoms with E-state index in [0.717, 1.165) is 32.8 Å². The van der Waals surface area contributed by atoms with Crippen LogP contribution < -0.4 is 21.1 Å². The molecule has 1 fully saturated rings. The second kappa shape index (κ2) is 19.6. The molecule has 0 aromatic heterocycles. The van der Waals surface area contributed by atoms with Crippen LogP contribution in [-0.4, -0.2) is 100 Å². The van der Waals surface area contributed by atoms with Crippen LogP contribution in [0.5, 0.6) is 5.75 Å². The number of carbonyl (C=O) groups is 2. The Kier molecular flexibility index (Phi) is 16.7. The lowest BCUT2D eigenvalue weighted by molar-refractivity contribution is -0.127. The summed E-state index contributed by atoms with van der Waals surface area (Å²) < 4.78 is 16.2. The standard InChI is InChI=1S/C32H54N4O6/c1-23(2)25(22-35-31(38)26-10-6-7-11-30(26)42-17-9-8-16-40-5)20-28(33)29(37)21-27(24(3)4)32(39)34-12-13-36-14-18-41-19-15-36/h6-11,23-25,27-29,37H,12-22,33H2,1-5H3,(H,34,39)(H,35,38)/t25-,27+,28+,29+/m1/s1. The van der Waals surface area contributed by atoms with Gasteiger partial charge >= 0.3 is 0 Å². The number of aliphatic hydroxyl groups is 1. The smallest absolute Gasteiger partial charge is 0.255 e. The SMILES string of the molecule is COCC=CCOc1ccccc1C(=O)NC[C@@H](C[C@H](N)[C@@H](O)C[C@H](C(=O)NCCN1CCOCC1)C(C)C)C(C)C. The van der Waals surface area contributed by atoms with Gasteiger partial charge in [-0.3, -0.25) is 14.5 Å². The fourth-order valence-electron chi connectivity index (χ4n) is 4.98. The molecule has 0 saturated carbocycles. The second-order valence-corrected chi connectivity index (χ2v) is 11.7. The van der Waals surface area contributed by atoms with Crippen molar-refractivity contribution in [1.29, 1.82) is 0 Å². The minimum Gasteiger partial charge on any atom is -0.489 e. The molecule has 1 saturated heterocycles. The van der Waals surface area contributed by atoms with E-state index in [-0.39, 0.29) is 35.5 Å². The van der Waals surface area contributed by atoms with Crippen LogP contribution in [0.15, 0.2) is 36.4 Å². The van der Waals surface area contributed by atoms with Crippen molar-refractivity contribution in [2.75, 3.05) is 66.3 Å². The summed E-state index contributed by atoms with van der Waals surface area (Å²) in [5.41, 5.74) is 6.95. The van der Waals surface area contributed by atoms with Crippen LogP contribution in [0.4, 0.5) is 0 Å². The summed E-state index contributed by atoms with van der Waals surface area (Å²) in [6, 6.07) is 6.62. The van der Waals surface area contributed by atoms with Crippen LogP contribution >= 0.6 is 0 Å². The first-order valence-corrected chi connectivity index (χ1v) is 15.3. The molecule has 1 aliphatic rings. The number of para-hydroxylation sites is 1. The van der Waals surface area contributed by atoms with Gasteiger partial charge in [0.2, 0.25) is 5.91 Å². The Morgan fingerprint density at radius 1 is 1.05 bits per heavy atom. The number of morpholine rings is 1. The van der Waals surface area contributed by atoms with Crippen molar-refractivity contribution in [2.24, 2.45) is 29.4 Å². The summed E-state index contributed by atoms with van der Waals surface area (Å²) in [5.74, 6) is 0.233. The second-order valence-electron chi connectivity index (χ2n) is 11.7. The molecule has 42 heavy (non-hydrogen) atoms. The summed E-state index contributed by atoms with van der Waals surface area (Å²) in [5, 5.41) is 17.1. The van der Waals surface area contributed by atoms with Crippen LogP contribution in [-0.2, 0) is 14.3 Å². The van der Waals surface area contributed by atoms with Crippen molar-refractivity contribution in [1.82, 2.24) is 15.5 Å². The van der Waals surface area contributed by atoms with Gasteiger partial charge in [0.1, 0.15) is 12.4 Å². The van der Waals surface area contributed by atoms with Crippen molar-refractivity contribution in [3.63, 3.8) is 0 Å². The van der Waals surface area contributed by atoms with Gasteiger partial charge in [-0.05, 0) is 48.8 Å². The van der Waals surface area contributed by atoms with E-state index in [1.165, 1.54) is 0 Å². The Labute approximate surface area is 252 Å². The third kappa shape index (κ3) is 12.8. The van der Waals surface area contributed by atoms with Crippen LogP contribution in [0.2, 0.25) is 0 Å². The highest BCUT2D eigenvalue weighted by Crippen LogP contribution is 2.24. The minimum absolute atomic E-state index is 0.0449. The Bertz CT molecular complexity index is 951. The molecule has 1 heterocycles. The molecule has 2 rings (SSSR count). The molecule has 0 radical (unpaired) electrons. The van der Waals surface area contributed by atoms with Crippen molar-refractivity contribution in [3.8, 4) is 5.75 Å². The van der Waals surface area contributed by atoms with Crippen LogP contribution in [0.1, 0.15) is 50.9 Å². The Morgan fingerprint density at radius 2 is 1.74 bits per heavy atom. The molecule has 2 amide bonds. The fourth-order valence-corrected chi connectivity index (χ4v) is 4.98. The topological polar surface area (TPSA) is 135 Å². The number of amides is 2. The van der Waals surface area contributed by atoms with Crippen molar-refractivity contribution < 1.29 is 28.9 Å². The number of methoxy groups -OCH3 is 1. The predicted octanol–water partition coefficient (Wildman–Crippen LogP) is 2.46. The van der Waals surface area contributed by atoms with Crippen LogP contribution in [0.3, 0.4) is 0 Å². The maximum absolute atomic E-state index is 13.1. The fraction of sp³-hybridized carbons (Fsp3) is 0.688. The molecule has 0 aliphatic carbocycles. The third-order valence-electron chi connectivity index (χ3n) is 7.90. The highest BCUT2D eigenvalue weighted by Gasteiger charge is 2.30. The number of hydrogen-bond acceptors (Lipinski definition) is 8. The summed E-state index contributed by atoms with van der Waals surface area (Å²) in [6.07, 6.45) is 3.68. The Balaban J connectivity index is 1.88. The lowest BCUT2D eigenvalue weighted by Gasteiger charge is -2.30. The minimum atomic E-state index is -0.834. The largest absolute Gasteiger partial charge is 0.489 e. The molecule has 10 heteroatoms. The maximum atomic E-state index is 13.1. The summed E-state index contributed by atoms with van der Waals surface area (Å²) in [6.45, 7) is 13.9. The van der Waals surface area contributed by atoms with E-state index in [1.807, 2.05) is 32.1 Å². The maximum Gasteiger partial charge on any atom is 0.255 e. The predicted molar refractivity (Wildman–Crippen MR) is 165 cm³/mol. The van der Waals surface area contributed by atoms with E-state index < -0.39 is 12.1 Å². The van der Waals surface area contributed by atoms with Gasteiger partial charge in [-0.1, -0.05) is 45.9 Å². The number of nitrogens with two attached hydrogens (primary N) is 1. The van der Waals surface area contributed by atoms with E-state index in [4.69, 9.17) is 19.9 Å². The van der Waals surface area contributed by atoms with Crippen LogP contribution in [0.25, 0.3) is 0 Å². The zero-order valence-corrected chi connectivity index (χ0v) is 26.2. The number of carbonyl (C=O) groups excluding carboxylic acids is 2. The van der Waals surface area contributed by atoms with Crippen LogP contribution in [0, 0.1) is 23.7 Å². The molecule has 1 aromatic carbocycles. The Morgan fingerprint density at radius 3 is 2.40 bits per heavy atom. The van der Waals surface area contributed by atoms with Gasteiger partial charge in [-0.2, -0.15) is 0 Å². The van der Waals surface area contributed by atoms with Gasteiger partial charge in [-0.25, -0.2) is 0 Å². The quantitative estimate of drug-likeness (QED) is 0.181. The molecule has 1 aromatic rings. The average molecular weight is 591 g/mol. The van der Waals surface area contributed by atoms with E-state index in [2.05, 4.69) is 29.4 Å². The Hall–Kier alpha value is -2.50. The molecule has 0 bridgehead atoms. The normalized spacial score (nSPS) is 17.3. The molecular weight excluding hydrogens is 536 g/mol. The van der Waals surface area contributed by atoms with Gasteiger partial charge in [0.15, 0.2) is 0 Å². The summed E-state index contributed by atoms with van der Waals surface area (Å²) in [7, 11) is 1.62. The van der Waals surface area contributed by atoms with Crippen molar-refractivity contribution in [3.05, 3.63) is 42.0 Å². The molecule has 238 valence electrons. The molecule has 5 N–H and O–H groups in total. The average Bonchev–Trinajstić information content (AvgIpc) is 2.97. The number of nitrogens with one attached hydrogen (secondary N) is 2. The number of hydrogen-bond donors (Lipinski definition) is 4. The lowest BCUT2D eigenvalue weighted by Crippen LogP contribution is -2.45. The summed E-state index contributed by atoms with van der Waals surface area (Å²) in [4.78, 5) is 28.3. The van der Waals surface area contributed by atoms with Crippen molar-refractivity contribution in [2.45, 2.75) is 52.7 Å². The monoisotopic (exact) mass is 590 g/mol. The molecule has 1 aliphatic heterocycles. The molecule has 0 spiro atoms. The van der Waals surface area contributed by atoms with Gasteiger partial charge in [0.25, 0.3) is 5.91 Å². The van der Waals surface area contributed by atoms with E-state index >= 15 is 0 Å². The first-order chi connectivity index (χ1) is 20.1. The highest BCUT2D eigenvalue weighted by atomic mass is 16.5. The van der Waals surface area contributed by atoms with Gasteiger partial charge in [-0.15, -0.1) is 0 Å². The van der Waals surface area contributed by atoms with Gasteiger partial charge in [0.05, 0.1) is 31.5 Å². The molecule has 10 nitrogen and oxygen atoms in total. The van der Waals surface area contributed by atoms with E-state index in [1.54, 1.807) is 25.3 Å². The first-order valence-electron chi connectivity index (χ1n) is 15.3. The first kappa shape index (κ1) is 35.7. The molecule has 4 atom stereocenters. The van der Waals surface area contributed by atoms with E-state index in [9.17, 15) is 14.7 Å². The number of ether oxygens (including phenoxy) is 3. The van der Waals surface area contributed by atoms with Gasteiger partial charge < -0.3 is 35.7 Å². The number of nitrogens with zero attached hydrogens (tertiary/aromatic N) is 1.